The minimum atomic E-state index is -3.93. The zero-order chi connectivity index (χ0) is 17.8. The molecule has 8 heteroatoms. The van der Waals surface area contributed by atoms with Gasteiger partial charge in [0.1, 0.15) is 0 Å². The largest absolute Gasteiger partial charge is 0.321 e. The van der Waals surface area contributed by atoms with Gasteiger partial charge in [0.25, 0.3) is 15.9 Å². The number of benzene rings is 3. The highest BCUT2D eigenvalue weighted by Crippen LogP contribution is 2.37. The summed E-state index contributed by atoms with van der Waals surface area (Å²) in [5.74, 6) is -0.249. The van der Waals surface area contributed by atoms with E-state index in [9.17, 15) is 13.2 Å². The summed E-state index contributed by atoms with van der Waals surface area (Å²) in [6, 6.07) is 12.5. The van der Waals surface area contributed by atoms with Crippen molar-refractivity contribution >= 4 is 61.3 Å². The van der Waals surface area contributed by atoms with Crippen molar-refractivity contribution in [1.82, 2.24) is 0 Å². The summed E-state index contributed by atoms with van der Waals surface area (Å²) in [4.78, 5) is 12.0. The van der Waals surface area contributed by atoms with Crippen LogP contribution in [0.15, 0.2) is 53.4 Å². The third-order valence-corrected chi connectivity index (χ3v) is 5.94. The summed E-state index contributed by atoms with van der Waals surface area (Å²) < 4.78 is 28.2. The molecule has 1 aliphatic rings. The molecule has 25 heavy (non-hydrogen) atoms. The van der Waals surface area contributed by atoms with E-state index in [1.54, 1.807) is 30.3 Å². The van der Waals surface area contributed by atoms with Crippen LogP contribution in [0.5, 0.6) is 0 Å². The molecule has 2 N–H and O–H groups in total. The van der Waals surface area contributed by atoms with Crippen LogP contribution in [0.2, 0.25) is 10.0 Å². The van der Waals surface area contributed by atoms with E-state index in [4.69, 9.17) is 23.2 Å². The zero-order valence-electron chi connectivity index (χ0n) is 12.5. The number of hydrogen-bond acceptors (Lipinski definition) is 3. The molecular formula is C17H10Cl2N2O3S. The third kappa shape index (κ3) is 2.63. The van der Waals surface area contributed by atoms with Crippen LogP contribution >= 0.6 is 23.2 Å². The summed E-state index contributed by atoms with van der Waals surface area (Å²) >= 11 is 12.0. The number of hydrogen-bond donors (Lipinski definition) is 2. The predicted molar refractivity (Wildman–Crippen MR) is 99.2 cm³/mol. The summed E-state index contributed by atoms with van der Waals surface area (Å²) in [5, 5.41) is 4.36. The molecule has 0 fully saturated rings. The van der Waals surface area contributed by atoms with Gasteiger partial charge in [-0.1, -0.05) is 35.3 Å². The van der Waals surface area contributed by atoms with Crippen LogP contribution < -0.4 is 10.0 Å². The van der Waals surface area contributed by atoms with Gasteiger partial charge in [0.2, 0.25) is 0 Å². The lowest BCUT2D eigenvalue weighted by molar-refractivity contribution is 0.103. The molecule has 3 aromatic rings. The SMILES string of the molecule is O=C1Nc2ccc(S(=O)(=O)Nc3cc(Cl)ccc3Cl)c3cccc1c23. The second kappa shape index (κ2) is 5.62. The first kappa shape index (κ1) is 16.2. The number of sulfonamides is 1. The van der Waals surface area contributed by atoms with Crippen molar-refractivity contribution in [3.05, 3.63) is 64.1 Å². The topological polar surface area (TPSA) is 75.3 Å². The maximum atomic E-state index is 12.9. The van der Waals surface area contributed by atoms with E-state index in [-0.39, 0.29) is 21.5 Å². The van der Waals surface area contributed by atoms with Gasteiger partial charge >= 0.3 is 0 Å². The number of amides is 1. The maximum absolute atomic E-state index is 12.9. The Balaban J connectivity index is 1.89. The first-order chi connectivity index (χ1) is 11.9. The van der Waals surface area contributed by atoms with Gasteiger partial charge < -0.3 is 5.32 Å². The minimum absolute atomic E-state index is 0.0562. The Morgan fingerprint density at radius 2 is 1.80 bits per heavy atom. The number of carbonyl (C=O) groups excluding carboxylic acids is 1. The number of nitrogens with one attached hydrogen (secondary N) is 2. The van der Waals surface area contributed by atoms with Crippen molar-refractivity contribution in [2.24, 2.45) is 0 Å². The van der Waals surface area contributed by atoms with E-state index in [1.807, 2.05) is 0 Å². The average molecular weight is 393 g/mol. The van der Waals surface area contributed by atoms with E-state index >= 15 is 0 Å². The van der Waals surface area contributed by atoms with Crippen LogP contribution in [-0.2, 0) is 10.0 Å². The quantitative estimate of drug-likeness (QED) is 0.688. The van der Waals surface area contributed by atoms with Gasteiger partial charge in [0, 0.05) is 27.0 Å². The fourth-order valence-electron chi connectivity index (χ4n) is 2.87. The second-order valence-electron chi connectivity index (χ2n) is 5.52. The Hall–Kier alpha value is -2.28. The van der Waals surface area contributed by atoms with E-state index in [0.717, 1.165) is 0 Å². The highest BCUT2D eigenvalue weighted by Gasteiger charge is 2.26. The molecule has 0 spiro atoms. The third-order valence-electron chi connectivity index (χ3n) is 3.96. The van der Waals surface area contributed by atoms with E-state index in [2.05, 4.69) is 10.0 Å². The normalized spacial score (nSPS) is 13.1. The van der Waals surface area contributed by atoms with Gasteiger partial charge in [-0.05, 0) is 36.4 Å². The van der Waals surface area contributed by atoms with Crippen molar-refractivity contribution in [2.75, 3.05) is 10.0 Å². The molecule has 0 unspecified atom stereocenters. The molecule has 0 bridgehead atoms. The smallest absolute Gasteiger partial charge is 0.262 e. The lowest BCUT2D eigenvalue weighted by Crippen LogP contribution is -2.13. The molecule has 126 valence electrons. The van der Waals surface area contributed by atoms with E-state index in [0.29, 0.717) is 27.0 Å². The van der Waals surface area contributed by atoms with Gasteiger partial charge in [-0.25, -0.2) is 8.42 Å². The van der Waals surface area contributed by atoms with Crippen LogP contribution in [0.4, 0.5) is 11.4 Å². The Kier molecular flexibility index (Phi) is 3.64. The van der Waals surface area contributed by atoms with E-state index < -0.39 is 10.0 Å². The number of halogens is 2. The highest BCUT2D eigenvalue weighted by molar-refractivity contribution is 7.93. The Bertz CT molecular complexity index is 1160. The van der Waals surface area contributed by atoms with Crippen LogP contribution in [0.1, 0.15) is 10.4 Å². The molecule has 4 rings (SSSR count). The number of rotatable bonds is 3. The standard InChI is InChI=1S/C17H10Cl2N2O3S/c18-9-4-5-12(19)14(8-9)21-25(23,24)15-7-6-13-16-10(15)2-1-3-11(16)17(22)20-13/h1-8,21H,(H,20,22). The molecule has 0 aliphatic carbocycles. The first-order valence-electron chi connectivity index (χ1n) is 7.22. The summed E-state index contributed by atoms with van der Waals surface area (Å²) in [6.45, 7) is 0. The van der Waals surface area contributed by atoms with Crippen LogP contribution in [-0.4, -0.2) is 14.3 Å². The average Bonchev–Trinajstić information content (AvgIpc) is 2.89. The molecule has 1 amide bonds. The van der Waals surface area contributed by atoms with Crippen LogP contribution in [0, 0.1) is 0 Å². The highest BCUT2D eigenvalue weighted by atomic mass is 35.5. The zero-order valence-corrected chi connectivity index (χ0v) is 14.8. The summed E-state index contributed by atoms with van der Waals surface area (Å²) in [6.07, 6.45) is 0. The second-order valence-corrected chi connectivity index (χ2v) is 8.02. The Labute approximate surface area is 153 Å². The lowest BCUT2D eigenvalue weighted by atomic mass is 10.1. The predicted octanol–water partition coefficient (Wildman–Crippen LogP) is 4.51. The van der Waals surface area contributed by atoms with Crippen LogP contribution in [0.3, 0.4) is 0 Å². The Morgan fingerprint density at radius 3 is 2.60 bits per heavy atom. The first-order valence-corrected chi connectivity index (χ1v) is 9.46. The molecule has 0 radical (unpaired) electrons. The fraction of sp³-hybridized carbons (Fsp3) is 0. The number of carbonyl (C=O) groups is 1. The molecule has 3 aromatic carbocycles. The Morgan fingerprint density at radius 1 is 1.00 bits per heavy atom. The van der Waals surface area contributed by atoms with Crippen molar-refractivity contribution in [3.8, 4) is 0 Å². The molecule has 0 aromatic heterocycles. The van der Waals surface area contributed by atoms with Crippen molar-refractivity contribution < 1.29 is 13.2 Å². The molecule has 1 aliphatic heterocycles. The van der Waals surface area contributed by atoms with Gasteiger partial charge in [-0.2, -0.15) is 0 Å². The summed E-state index contributed by atoms with van der Waals surface area (Å²) in [7, 11) is -3.93. The molecule has 0 saturated heterocycles. The monoisotopic (exact) mass is 392 g/mol. The fourth-order valence-corrected chi connectivity index (χ4v) is 4.54. The molecule has 0 saturated carbocycles. The summed E-state index contributed by atoms with van der Waals surface area (Å²) in [5.41, 5.74) is 1.23. The van der Waals surface area contributed by atoms with E-state index in [1.165, 1.54) is 18.2 Å². The van der Waals surface area contributed by atoms with Gasteiger partial charge in [-0.3, -0.25) is 9.52 Å². The lowest BCUT2D eigenvalue weighted by Gasteiger charge is -2.12. The van der Waals surface area contributed by atoms with Crippen molar-refractivity contribution in [3.63, 3.8) is 0 Å². The minimum Gasteiger partial charge on any atom is -0.321 e. The van der Waals surface area contributed by atoms with Gasteiger partial charge in [0.05, 0.1) is 15.6 Å². The number of anilines is 2. The molecule has 5 nitrogen and oxygen atoms in total. The van der Waals surface area contributed by atoms with Crippen molar-refractivity contribution in [2.45, 2.75) is 4.90 Å². The van der Waals surface area contributed by atoms with Crippen LogP contribution in [0.25, 0.3) is 10.8 Å². The van der Waals surface area contributed by atoms with Gasteiger partial charge in [-0.15, -0.1) is 0 Å². The molecule has 1 heterocycles. The van der Waals surface area contributed by atoms with Gasteiger partial charge in [0.15, 0.2) is 0 Å². The van der Waals surface area contributed by atoms with Crippen molar-refractivity contribution in [1.29, 1.82) is 0 Å². The maximum Gasteiger partial charge on any atom is 0.262 e. The molecule has 0 atom stereocenters. The molecular weight excluding hydrogens is 383 g/mol.